The third kappa shape index (κ3) is 2.25. The van der Waals surface area contributed by atoms with Crippen molar-refractivity contribution in [2.45, 2.75) is 25.5 Å². The SMILES string of the molecule is COc1ccccc1[C@H](O)C(C)(C)N. The van der Waals surface area contributed by atoms with E-state index < -0.39 is 11.6 Å². The van der Waals surface area contributed by atoms with Gasteiger partial charge in [0.2, 0.25) is 0 Å². The molecule has 0 aliphatic heterocycles. The maximum atomic E-state index is 9.96. The fourth-order valence-electron chi connectivity index (χ4n) is 1.29. The van der Waals surface area contributed by atoms with Crippen molar-refractivity contribution in [2.24, 2.45) is 5.73 Å². The van der Waals surface area contributed by atoms with Crippen molar-refractivity contribution in [3.63, 3.8) is 0 Å². The number of aliphatic hydroxyl groups is 1. The Morgan fingerprint density at radius 3 is 2.43 bits per heavy atom. The highest BCUT2D eigenvalue weighted by Gasteiger charge is 2.26. The number of ether oxygens (including phenoxy) is 1. The fourth-order valence-corrected chi connectivity index (χ4v) is 1.29. The molecule has 3 N–H and O–H groups in total. The van der Waals surface area contributed by atoms with E-state index in [1.54, 1.807) is 21.0 Å². The standard InChI is InChI=1S/C11H17NO2/c1-11(2,12)10(13)8-6-4-5-7-9(8)14-3/h4-7,10,13H,12H2,1-3H3/t10-/m0/s1. The van der Waals surface area contributed by atoms with E-state index in [0.29, 0.717) is 5.75 Å². The summed E-state index contributed by atoms with van der Waals surface area (Å²) in [5.41, 5.74) is 5.88. The fraction of sp³-hybridized carbons (Fsp3) is 0.455. The summed E-state index contributed by atoms with van der Waals surface area (Å²) in [6, 6.07) is 7.34. The minimum Gasteiger partial charge on any atom is -0.496 e. The lowest BCUT2D eigenvalue weighted by molar-refractivity contribution is 0.102. The average Bonchev–Trinajstić information content (AvgIpc) is 2.15. The molecule has 1 aromatic rings. The predicted octanol–water partition coefficient (Wildman–Crippen LogP) is 1.47. The van der Waals surface area contributed by atoms with Crippen molar-refractivity contribution in [2.75, 3.05) is 7.11 Å². The molecule has 0 spiro atoms. The topological polar surface area (TPSA) is 55.5 Å². The van der Waals surface area contributed by atoms with Gasteiger partial charge in [-0.3, -0.25) is 0 Å². The van der Waals surface area contributed by atoms with Crippen LogP contribution in [0.2, 0.25) is 0 Å². The third-order valence-electron chi connectivity index (χ3n) is 2.14. The molecule has 3 heteroatoms. The Morgan fingerprint density at radius 2 is 1.93 bits per heavy atom. The van der Waals surface area contributed by atoms with Crippen LogP contribution in [-0.4, -0.2) is 17.8 Å². The van der Waals surface area contributed by atoms with E-state index in [1.807, 2.05) is 24.3 Å². The molecule has 1 aromatic carbocycles. The molecular formula is C11H17NO2. The van der Waals surface area contributed by atoms with Gasteiger partial charge >= 0.3 is 0 Å². The molecule has 0 saturated heterocycles. The summed E-state index contributed by atoms with van der Waals surface area (Å²) >= 11 is 0. The summed E-state index contributed by atoms with van der Waals surface area (Å²) in [6.07, 6.45) is -0.723. The van der Waals surface area contributed by atoms with Crippen molar-refractivity contribution in [3.8, 4) is 5.75 Å². The number of hydrogen-bond donors (Lipinski definition) is 2. The second kappa shape index (κ2) is 3.98. The molecule has 0 bridgehead atoms. The largest absolute Gasteiger partial charge is 0.496 e. The van der Waals surface area contributed by atoms with Gasteiger partial charge in [-0.05, 0) is 19.9 Å². The number of hydrogen-bond acceptors (Lipinski definition) is 3. The highest BCUT2D eigenvalue weighted by Crippen LogP contribution is 2.30. The van der Waals surface area contributed by atoms with Gasteiger partial charge in [0.1, 0.15) is 5.75 Å². The molecule has 0 aromatic heterocycles. The third-order valence-corrected chi connectivity index (χ3v) is 2.14. The lowest BCUT2D eigenvalue weighted by atomic mass is 9.92. The summed E-state index contributed by atoms with van der Waals surface area (Å²) in [4.78, 5) is 0. The van der Waals surface area contributed by atoms with Crippen LogP contribution in [0.1, 0.15) is 25.5 Å². The summed E-state index contributed by atoms with van der Waals surface area (Å²) in [5.74, 6) is 0.665. The molecule has 1 atom stereocenters. The highest BCUT2D eigenvalue weighted by molar-refractivity contribution is 5.36. The smallest absolute Gasteiger partial charge is 0.124 e. The molecule has 0 fully saturated rings. The Balaban J connectivity index is 3.06. The van der Waals surface area contributed by atoms with Gasteiger partial charge in [0.15, 0.2) is 0 Å². The summed E-state index contributed by atoms with van der Waals surface area (Å²) < 4.78 is 5.15. The van der Waals surface area contributed by atoms with Crippen molar-refractivity contribution in [1.29, 1.82) is 0 Å². The Morgan fingerprint density at radius 1 is 1.36 bits per heavy atom. The van der Waals surface area contributed by atoms with Gasteiger partial charge in [-0.25, -0.2) is 0 Å². The van der Waals surface area contributed by atoms with Crippen molar-refractivity contribution in [3.05, 3.63) is 29.8 Å². The van der Waals surface area contributed by atoms with Gasteiger partial charge < -0.3 is 15.6 Å². The van der Waals surface area contributed by atoms with Crippen LogP contribution in [0.4, 0.5) is 0 Å². The van der Waals surface area contributed by atoms with Crippen LogP contribution in [0.15, 0.2) is 24.3 Å². The Hall–Kier alpha value is -1.06. The first-order valence-corrected chi connectivity index (χ1v) is 4.56. The van der Waals surface area contributed by atoms with Crippen LogP contribution < -0.4 is 10.5 Å². The molecule has 0 amide bonds. The molecule has 1 rings (SSSR count). The zero-order chi connectivity index (χ0) is 10.8. The normalized spacial score (nSPS) is 13.8. The van der Waals surface area contributed by atoms with Crippen LogP contribution in [-0.2, 0) is 0 Å². The van der Waals surface area contributed by atoms with E-state index in [9.17, 15) is 5.11 Å². The van der Waals surface area contributed by atoms with E-state index >= 15 is 0 Å². The lowest BCUT2D eigenvalue weighted by Crippen LogP contribution is -2.39. The molecule has 0 radical (unpaired) electrons. The first-order chi connectivity index (χ1) is 6.46. The Kier molecular flexibility index (Phi) is 3.13. The van der Waals surface area contributed by atoms with Crippen LogP contribution in [0.25, 0.3) is 0 Å². The summed E-state index contributed by atoms with van der Waals surface area (Å²) in [6.45, 7) is 3.56. The molecule has 3 nitrogen and oxygen atoms in total. The van der Waals surface area contributed by atoms with Crippen molar-refractivity contribution < 1.29 is 9.84 Å². The van der Waals surface area contributed by atoms with Gasteiger partial charge in [-0.2, -0.15) is 0 Å². The Labute approximate surface area is 84.5 Å². The zero-order valence-corrected chi connectivity index (χ0v) is 8.82. The minimum atomic E-state index is -0.723. The summed E-state index contributed by atoms with van der Waals surface area (Å²) in [5, 5.41) is 9.96. The minimum absolute atomic E-state index is 0.665. The van der Waals surface area contributed by atoms with E-state index in [0.717, 1.165) is 5.56 Å². The second-order valence-electron chi connectivity index (χ2n) is 3.97. The quantitative estimate of drug-likeness (QED) is 0.767. The predicted molar refractivity (Wildman–Crippen MR) is 56.2 cm³/mol. The highest BCUT2D eigenvalue weighted by atomic mass is 16.5. The number of aliphatic hydroxyl groups excluding tert-OH is 1. The first-order valence-electron chi connectivity index (χ1n) is 4.56. The van der Waals surface area contributed by atoms with E-state index in [1.165, 1.54) is 0 Å². The molecule has 78 valence electrons. The maximum Gasteiger partial charge on any atom is 0.124 e. The molecule has 0 aliphatic rings. The number of rotatable bonds is 3. The molecule has 0 aliphatic carbocycles. The van der Waals surface area contributed by atoms with E-state index in [4.69, 9.17) is 10.5 Å². The van der Waals surface area contributed by atoms with Crippen molar-refractivity contribution >= 4 is 0 Å². The van der Waals surface area contributed by atoms with E-state index in [2.05, 4.69) is 0 Å². The molecule has 0 unspecified atom stereocenters. The number of methoxy groups -OCH3 is 1. The monoisotopic (exact) mass is 195 g/mol. The molecule has 0 saturated carbocycles. The van der Waals surface area contributed by atoms with Crippen LogP contribution in [0.3, 0.4) is 0 Å². The zero-order valence-electron chi connectivity index (χ0n) is 8.82. The van der Waals surface area contributed by atoms with E-state index in [-0.39, 0.29) is 0 Å². The number of benzene rings is 1. The van der Waals surface area contributed by atoms with Gasteiger partial charge in [-0.15, -0.1) is 0 Å². The molecular weight excluding hydrogens is 178 g/mol. The van der Waals surface area contributed by atoms with Gasteiger partial charge in [0.25, 0.3) is 0 Å². The van der Waals surface area contributed by atoms with Crippen molar-refractivity contribution in [1.82, 2.24) is 0 Å². The molecule has 14 heavy (non-hydrogen) atoms. The second-order valence-corrected chi connectivity index (χ2v) is 3.97. The average molecular weight is 195 g/mol. The van der Waals surface area contributed by atoms with Crippen LogP contribution in [0, 0.1) is 0 Å². The van der Waals surface area contributed by atoms with Gasteiger partial charge in [0, 0.05) is 11.1 Å². The number of para-hydroxylation sites is 1. The Bertz CT molecular complexity index is 304. The first kappa shape index (κ1) is 11.0. The van der Waals surface area contributed by atoms with Gasteiger partial charge in [0.05, 0.1) is 13.2 Å². The number of nitrogens with two attached hydrogens (primary N) is 1. The van der Waals surface area contributed by atoms with Crippen LogP contribution in [0.5, 0.6) is 5.75 Å². The van der Waals surface area contributed by atoms with Gasteiger partial charge in [-0.1, -0.05) is 18.2 Å². The molecule has 0 heterocycles. The lowest BCUT2D eigenvalue weighted by Gasteiger charge is -2.27. The van der Waals surface area contributed by atoms with Crippen LogP contribution >= 0.6 is 0 Å². The summed E-state index contributed by atoms with van der Waals surface area (Å²) in [7, 11) is 1.58. The maximum absolute atomic E-state index is 9.96.